The first-order valence-corrected chi connectivity index (χ1v) is 18.7. The van der Waals surface area contributed by atoms with Crippen molar-refractivity contribution >= 4 is 37.6 Å². The van der Waals surface area contributed by atoms with Crippen LogP contribution in [0.5, 0.6) is 0 Å². The molecule has 0 aromatic carbocycles. The monoisotopic (exact) mass is 643 g/mol. The maximum atomic E-state index is 13.2. The fourth-order valence-corrected chi connectivity index (χ4v) is 5.60. The lowest BCUT2D eigenvalue weighted by Crippen LogP contribution is -2.48. The topological polar surface area (TPSA) is 81.7 Å². The molecule has 1 aliphatic rings. The molecule has 0 bridgehead atoms. The zero-order valence-electron chi connectivity index (χ0n) is 28.7. The molecule has 0 fully saturated rings. The summed E-state index contributed by atoms with van der Waals surface area (Å²) in [5.41, 5.74) is 0.168. The molecular weight excluding hydrogens is 590 g/mol. The van der Waals surface area contributed by atoms with Crippen molar-refractivity contribution < 1.29 is 23.5 Å². The first-order valence-electron chi connectivity index (χ1n) is 15.4. The van der Waals surface area contributed by atoms with Crippen LogP contribution in [0, 0.1) is 23.2 Å². The van der Waals surface area contributed by atoms with E-state index in [0.717, 1.165) is 5.03 Å². The third-order valence-corrected chi connectivity index (χ3v) is 12.7. The number of hydrogen-bond acceptors (Lipinski definition) is 5. The molecule has 0 spiro atoms. The van der Waals surface area contributed by atoms with E-state index in [9.17, 15) is 14.4 Å². The molecule has 1 rings (SSSR count). The van der Waals surface area contributed by atoms with Gasteiger partial charge in [0.2, 0.25) is 5.91 Å². The lowest BCUT2D eigenvalue weighted by Gasteiger charge is -2.39. The van der Waals surface area contributed by atoms with E-state index in [2.05, 4.69) is 51.0 Å². The summed E-state index contributed by atoms with van der Waals surface area (Å²) in [6.07, 6.45) is 16.1. The Bertz CT molecular complexity index is 1210. The Morgan fingerprint density at radius 1 is 1.14 bits per heavy atom. The van der Waals surface area contributed by atoms with Crippen LogP contribution in [0.25, 0.3) is 0 Å². The average molecular weight is 644 g/mol. The second-order valence-corrected chi connectivity index (χ2v) is 19.5. The summed E-state index contributed by atoms with van der Waals surface area (Å²) in [7, 11) is -1.98. The van der Waals surface area contributed by atoms with Crippen LogP contribution in [0.3, 0.4) is 0 Å². The number of Topliss-reactive ketones (excluding diaryl/α,β-unsaturated/α-hetero) is 1. The summed E-state index contributed by atoms with van der Waals surface area (Å²) in [4.78, 5) is 37.6. The molecule has 1 aliphatic heterocycles. The molecule has 1 amide bonds. The van der Waals surface area contributed by atoms with E-state index >= 15 is 0 Å². The molecule has 0 aromatic rings. The Morgan fingerprint density at radius 3 is 2.34 bits per heavy atom. The zero-order valence-corrected chi connectivity index (χ0v) is 30.4. The van der Waals surface area contributed by atoms with Crippen molar-refractivity contribution in [3.63, 3.8) is 0 Å². The maximum absolute atomic E-state index is 13.2. The molecule has 244 valence electrons. The van der Waals surface area contributed by atoms with Gasteiger partial charge in [-0.15, -0.1) is 0 Å². The lowest BCUT2D eigenvalue weighted by molar-refractivity contribution is -0.147. The molecule has 4 atom stereocenters. The normalized spacial score (nSPS) is 18.9. The molecule has 8 heteroatoms. The molecule has 1 N–H and O–H groups in total. The molecule has 0 saturated carbocycles. The molecule has 0 aromatic heterocycles. The number of hydrogen-bond donors (Lipinski definition) is 1. The van der Waals surface area contributed by atoms with Crippen molar-refractivity contribution in [2.24, 2.45) is 11.3 Å². The lowest BCUT2D eigenvalue weighted by atomic mass is 9.83. The third kappa shape index (κ3) is 14.4. The summed E-state index contributed by atoms with van der Waals surface area (Å²) in [5.74, 6) is 4.97. The van der Waals surface area contributed by atoms with Crippen molar-refractivity contribution in [3.05, 3.63) is 59.2 Å². The number of ketones is 1. The number of esters is 1. The minimum absolute atomic E-state index is 0.0137. The van der Waals surface area contributed by atoms with Gasteiger partial charge in [0.25, 0.3) is 0 Å². The highest BCUT2D eigenvalue weighted by molar-refractivity contribution is 6.74. The predicted octanol–water partition coefficient (Wildman–Crippen LogP) is 8.36. The van der Waals surface area contributed by atoms with Crippen LogP contribution >= 0.6 is 11.6 Å². The van der Waals surface area contributed by atoms with Crippen LogP contribution < -0.4 is 5.32 Å². The highest BCUT2D eigenvalue weighted by Crippen LogP contribution is 2.38. The Kier molecular flexibility index (Phi) is 15.9. The van der Waals surface area contributed by atoms with Crippen LogP contribution in [0.1, 0.15) is 88.0 Å². The largest absolute Gasteiger partial charge is 0.458 e. The minimum Gasteiger partial charge on any atom is -0.458 e. The Labute approximate surface area is 272 Å². The predicted molar refractivity (Wildman–Crippen MR) is 185 cm³/mol. The number of ether oxygens (including phenoxy) is 1. The van der Waals surface area contributed by atoms with E-state index in [1.165, 1.54) is 12.2 Å². The van der Waals surface area contributed by atoms with Crippen LogP contribution in [0.2, 0.25) is 18.1 Å². The van der Waals surface area contributed by atoms with Crippen LogP contribution in [-0.2, 0) is 23.5 Å². The molecule has 44 heavy (non-hydrogen) atoms. The van der Waals surface area contributed by atoms with Gasteiger partial charge in [0.15, 0.2) is 14.1 Å². The zero-order chi connectivity index (χ0) is 33.7. The SMILES string of the molecule is CC1=CC[C@@H]([C@@H](C)/C=C/C#C/C=C/C(=O)N[C@H](C(=O)C/C=C\C[C@H](C/C=C(\C)Cl)O[Si](C)(C)C(C)(C)C)C(C)(C)C)OC1=O. The molecule has 0 unspecified atom stereocenters. The summed E-state index contributed by atoms with van der Waals surface area (Å²) >= 11 is 6.09. The van der Waals surface area contributed by atoms with E-state index in [1.54, 1.807) is 13.0 Å². The second kappa shape index (κ2) is 17.7. The van der Waals surface area contributed by atoms with Gasteiger partial charge in [0.1, 0.15) is 6.10 Å². The number of halogens is 1. The molecule has 0 radical (unpaired) electrons. The van der Waals surface area contributed by atoms with Gasteiger partial charge < -0.3 is 14.5 Å². The molecule has 0 saturated heterocycles. The van der Waals surface area contributed by atoms with Crippen molar-refractivity contribution in [3.8, 4) is 11.8 Å². The van der Waals surface area contributed by atoms with E-state index < -0.39 is 19.8 Å². The fourth-order valence-electron chi connectivity index (χ4n) is 4.13. The van der Waals surface area contributed by atoms with E-state index in [4.69, 9.17) is 20.8 Å². The van der Waals surface area contributed by atoms with Gasteiger partial charge in [-0.1, -0.05) is 102 Å². The summed E-state index contributed by atoms with van der Waals surface area (Å²) in [6, 6.07) is -0.657. The highest BCUT2D eigenvalue weighted by atomic mass is 35.5. The number of carbonyl (C=O) groups excluding carboxylic acids is 3. The number of nitrogens with one attached hydrogen (secondary N) is 1. The number of carbonyl (C=O) groups is 3. The number of allylic oxidation sites excluding steroid dienone is 4. The van der Waals surface area contributed by atoms with Crippen molar-refractivity contribution in [1.29, 1.82) is 0 Å². The maximum Gasteiger partial charge on any atom is 0.333 e. The summed E-state index contributed by atoms with van der Waals surface area (Å²) in [6.45, 7) is 22.5. The van der Waals surface area contributed by atoms with Crippen molar-refractivity contribution in [1.82, 2.24) is 5.32 Å². The smallest absolute Gasteiger partial charge is 0.333 e. The molecule has 0 aliphatic carbocycles. The average Bonchev–Trinajstić information content (AvgIpc) is 2.89. The summed E-state index contributed by atoms with van der Waals surface area (Å²) < 4.78 is 12.0. The van der Waals surface area contributed by atoms with E-state index in [0.29, 0.717) is 24.8 Å². The Balaban J connectivity index is 2.75. The minimum atomic E-state index is -1.98. The van der Waals surface area contributed by atoms with Gasteiger partial charge in [0, 0.05) is 35.4 Å². The molecule has 6 nitrogen and oxygen atoms in total. The van der Waals surface area contributed by atoms with Gasteiger partial charge in [-0.25, -0.2) is 4.79 Å². The third-order valence-electron chi connectivity index (χ3n) is 8.00. The van der Waals surface area contributed by atoms with Gasteiger partial charge >= 0.3 is 5.97 Å². The van der Waals surface area contributed by atoms with Crippen molar-refractivity contribution in [2.75, 3.05) is 0 Å². The second-order valence-electron chi connectivity index (χ2n) is 14.1. The fraction of sp³-hybridized carbons (Fsp3) is 0.583. The quantitative estimate of drug-likeness (QED) is 0.0717. The standard InChI is InChI=1S/C36H54ClNO5Si/c1-26(31-25-22-27(2)34(41)42-31)18-14-12-13-15-21-32(40)38-33(35(4,5)6)30(39)20-17-16-19-29(24-23-28(3)37)43-44(10,11)36(7,8)9/h14-18,21-23,26,29,31,33H,19-20,24-25H2,1-11H3,(H,38,40)/b17-16-,18-14+,21-15+,28-23+/t26-,29+,31-,33+/m0/s1. The van der Waals surface area contributed by atoms with Gasteiger partial charge in [0.05, 0.1) is 12.1 Å². The van der Waals surface area contributed by atoms with Crippen molar-refractivity contribution in [2.45, 2.75) is 124 Å². The van der Waals surface area contributed by atoms with Gasteiger partial charge in [-0.2, -0.15) is 0 Å². The van der Waals surface area contributed by atoms with Gasteiger partial charge in [-0.3, -0.25) is 9.59 Å². The van der Waals surface area contributed by atoms with Crippen LogP contribution in [0.4, 0.5) is 0 Å². The number of cyclic esters (lactones) is 1. The Hall–Kier alpha value is -2.66. The number of amides is 1. The van der Waals surface area contributed by atoms with Gasteiger partial charge in [-0.05, 0) is 62.4 Å². The van der Waals surface area contributed by atoms with Crippen LogP contribution in [0.15, 0.2) is 59.2 Å². The van der Waals surface area contributed by atoms with E-state index in [-0.39, 0.29) is 47.2 Å². The highest BCUT2D eigenvalue weighted by Gasteiger charge is 2.39. The van der Waals surface area contributed by atoms with Crippen LogP contribution in [-0.4, -0.2) is 44.2 Å². The van der Waals surface area contributed by atoms with E-state index in [1.807, 2.05) is 65.0 Å². The first kappa shape index (κ1) is 39.4. The molecular formula is C36H54ClNO5Si. The molecule has 1 heterocycles. The number of rotatable bonds is 13. The first-order chi connectivity index (χ1) is 20.2. The Morgan fingerprint density at radius 2 is 1.77 bits per heavy atom. The summed E-state index contributed by atoms with van der Waals surface area (Å²) in [5, 5.41) is 3.68.